The zero-order chi connectivity index (χ0) is 95.3. The van der Waals surface area contributed by atoms with Crippen LogP contribution in [-0.4, -0.2) is 395 Å². The molecule has 2 aromatic carbocycles. The van der Waals surface area contributed by atoms with Gasteiger partial charge in [0.15, 0.2) is 5.71 Å². The van der Waals surface area contributed by atoms with Crippen LogP contribution in [0.5, 0.6) is 0 Å². The van der Waals surface area contributed by atoms with Crippen LogP contribution < -0.4 is 10.2 Å². The maximum absolute atomic E-state index is 12.8. The van der Waals surface area contributed by atoms with Crippen LogP contribution >= 0.6 is 12.0 Å². The predicted octanol–water partition coefficient (Wildman–Crippen LogP) is 7.96. The highest BCUT2D eigenvalue weighted by molar-refractivity contribution is 7.94. The second kappa shape index (κ2) is 78.0. The van der Waals surface area contributed by atoms with Crippen molar-refractivity contribution in [2.45, 2.75) is 113 Å². The van der Waals surface area contributed by atoms with E-state index in [-0.39, 0.29) is 30.1 Å². The molecule has 3 aliphatic rings. The summed E-state index contributed by atoms with van der Waals surface area (Å²) in [6.45, 7) is 31.9. The van der Waals surface area contributed by atoms with Crippen molar-refractivity contribution in [3.63, 3.8) is 0 Å². The number of allylic oxidation sites excluding steroid dienone is 8. The number of benzene rings is 2. The van der Waals surface area contributed by atoms with Crippen molar-refractivity contribution in [3.05, 3.63) is 95.8 Å². The van der Waals surface area contributed by atoms with Gasteiger partial charge < -0.3 is 129 Å². The Morgan fingerprint density at radius 3 is 1.17 bits per heavy atom. The number of hydrogen-bond donors (Lipinski definition) is 3. The van der Waals surface area contributed by atoms with Gasteiger partial charge >= 0.3 is 5.97 Å². The first-order valence-corrected chi connectivity index (χ1v) is 48.3. The smallest absolute Gasteiger partial charge is 0.333 e. The summed E-state index contributed by atoms with van der Waals surface area (Å²) in [4.78, 5) is 56.8. The molecule has 39 nitrogen and oxygen atoms in total. The number of carbonyl (C=O) groups excluding carboxylic acids is 4. The molecule has 1 saturated heterocycles. The van der Waals surface area contributed by atoms with Crippen molar-refractivity contribution in [3.8, 4) is 0 Å². The number of hydroxylamine groups is 2. The summed E-state index contributed by atoms with van der Waals surface area (Å²) >= 11 is 0.880. The number of nitrogens with zero attached hydrogens (tertiary/aromatic N) is 3. The van der Waals surface area contributed by atoms with Crippen LogP contribution in [0.3, 0.4) is 0 Å². The molecule has 5 rings (SSSR count). The summed E-state index contributed by atoms with van der Waals surface area (Å²) in [7, 11) is -2.82. The lowest BCUT2D eigenvalue weighted by Gasteiger charge is -2.27. The molecule has 760 valence electrons. The summed E-state index contributed by atoms with van der Waals surface area (Å²) < 4.78 is 174. The SMILES string of the molecule is COCCOCCOCCOCCOCCOCCOCCOCCOCCOCCOCCOCCOCCOCCOCCOCCOCCOCCOCCOCCOCCOCCOCCOCCNC(=O)CCCCCN1C(=CC=CC=CC=CC2=[N+](CCCCCC(=O)ON3C(=O)CCC3=O)c3ccc(SOOO)cc3C2(C)C)C(C)(C)c2cc(S(=O)(=O)O)ccc21. The van der Waals surface area contributed by atoms with Gasteiger partial charge in [-0.2, -0.15) is 13.0 Å². The second-order valence-corrected chi connectivity index (χ2v) is 33.0. The summed E-state index contributed by atoms with van der Waals surface area (Å²) in [5.41, 5.74) is 4.51. The second-order valence-electron chi connectivity index (χ2n) is 30.8. The van der Waals surface area contributed by atoms with Gasteiger partial charge in [-0.15, -0.1) is 9.40 Å². The Morgan fingerprint density at radius 1 is 0.429 bits per heavy atom. The lowest BCUT2D eigenvalue weighted by molar-refractivity contribution is -0.438. The number of hydrogen-bond acceptors (Lipinski definition) is 36. The first-order chi connectivity index (χ1) is 65.0. The molecule has 0 radical (unpaired) electrons. The highest BCUT2D eigenvalue weighted by Gasteiger charge is 2.45. The molecule has 1 fully saturated rings. The average Bonchev–Trinajstić information content (AvgIpc) is 1.60. The molecule has 0 unspecified atom stereocenters. The molecule has 41 heteroatoms. The number of unbranched alkanes of at least 4 members (excludes halogenated alkanes) is 4. The van der Waals surface area contributed by atoms with E-state index in [9.17, 15) is 32.1 Å². The minimum absolute atomic E-state index is 0.0305. The average molecular weight is 1940 g/mol. The van der Waals surface area contributed by atoms with E-state index in [1.807, 2.05) is 68.5 Å². The van der Waals surface area contributed by atoms with Crippen LogP contribution in [0.25, 0.3) is 0 Å². The van der Waals surface area contributed by atoms with E-state index in [0.717, 1.165) is 70.1 Å². The highest BCUT2D eigenvalue weighted by atomic mass is 32.2. The molecule has 0 spiro atoms. The lowest BCUT2D eigenvalue weighted by atomic mass is 9.81. The molecule has 0 saturated carbocycles. The van der Waals surface area contributed by atoms with Crippen molar-refractivity contribution in [2.24, 2.45) is 0 Å². The largest absolute Gasteiger partial charge is 0.382 e. The van der Waals surface area contributed by atoms with Gasteiger partial charge in [-0.3, -0.25) is 18.9 Å². The number of amides is 3. The topological polar surface area (TPSA) is 414 Å². The van der Waals surface area contributed by atoms with Gasteiger partial charge in [0, 0.05) is 91.7 Å². The fourth-order valence-corrected chi connectivity index (χ4v) is 14.1. The molecule has 0 bridgehead atoms. The van der Waals surface area contributed by atoms with Gasteiger partial charge in [-0.1, -0.05) is 55.7 Å². The van der Waals surface area contributed by atoms with Crippen molar-refractivity contribution in [1.82, 2.24) is 10.4 Å². The van der Waals surface area contributed by atoms with Gasteiger partial charge in [-0.25, -0.2) is 10.1 Å². The third kappa shape index (κ3) is 55.5. The number of methoxy groups -OCH3 is 1. The Hall–Kier alpha value is -5.87. The van der Waals surface area contributed by atoms with Gasteiger partial charge in [-0.05, 0) is 81.5 Å². The zero-order valence-corrected chi connectivity index (χ0v) is 80.6. The Kier molecular flexibility index (Phi) is 69.0. The van der Waals surface area contributed by atoms with E-state index in [4.69, 9.17) is 128 Å². The van der Waals surface area contributed by atoms with E-state index in [1.54, 1.807) is 13.2 Å². The number of nitrogens with one attached hydrogen (secondary N) is 1. The fourth-order valence-electron chi connectivity index (χ4n) is 13.2. The van der Waals surface area contributed by atoms with E-state index in [2.05, 4.69) is 39.8 Å². The van der Waals surface area contributed by atoms with E-state index >= 15 is 0 Å². The molecule has 0 atom stereocenters. The van der Waals surface area contributed by atoms with Gasteiger partial charge in [0.05, 0.1) is 333 Å². The van der Waals surface area contributed by atoms with Gasteiger partial charge in [0.25, 0.3) is 21.9 Å². The normalized spacial score (nSPS) is 14.7. The summed E-state index contributed by atoms with van der Waals surface area (Å²) in [5.74, 6) is -1.72. The van der Waals surface area contributed by atoms with Crippen LogP contribution in [0.1, 0.15) is 103 Å². The number of fused-ring (bicyclic) bond motifs is 2. The molecular formula is C92H151N4O35S2+. The Bertz CT molecular complexity index is 3620. The van der Waals surface area contributed by atoms with E-state index < -0.39 is 38.7 Å². The monoisotopic (exact) mass is 1940 g/mol. The molecule has 133 heavy (non-hydrogen) atoms. The number of anilines is 1. The summed E-state index contributed by atoms with van der Waals surface area (Å²) in [6.07, 6.45) is 18.3. The molecule has 3 amide bonds. The number of carbonyl (C=O) groups is 4. The number of rotatable bonds is 93. The quantitative estimate of drug-likeness (QED) is 0.00825. The number of ether oxygens (including phenoxy) is 24. The van der Waals surface area contributed by atoms with Crippen LogP contribution in [0, 0.1) is 0 Å². The molecule has 3 N–H and O–H groups in total. The molecule has 3 aliphatic heterocycles. The molecule has 0 aliphatic carbocycles. The first-order valence-electron chi connectivity index (χ1n) is 46.2. The fraction of sp³-hybridized carbons (Fsp3) is 0.728. The zero-order valence-electron chi connectivity index (χ0n) is 79.0. The third-order valence-corrected chi connectivity index (χ3v) is 21.5. The molecular weight excluding hydrogens is 1790 g/mol. The van der Waals surface area contributed by atoms with Crippen molar-refractivity contribution in [1.29, 1.82) is 0 Å². The van der Waals surface area contributed by atoms with Crippen molar-refractivity contribution < 1.29 is 170 Å². The van der Waals surface area contributed by atoms with Crippen LogP contribution in [0.2, 0.25) is 0 Å². The maximum Gasteiger partial charge on any atom is 0.333 e. The van der Waals surface area contributed by atoms with Crippen molar-refractivity contribution >= 4 is 62.9 Å². The maximum atomic E-state index is 12.8. The van der Waals surface area contributed by atoms with Crippen LogP contribution in [0.15, 0.2) is 94.4 Å². The standard InChI is InChI=1S/C92H150N4O35S2/c1-91(2)81-77-79(132-131-130-101)21-23-83(81)94(29-16-10-14-20-90(100)129-96-88(98)25-26-89(96)99)85(91)17-11-7-6-8-12-18-86-92(3,4)82-78-80(133(102,103)104)22-24-84(82)95(86)28-15-9-13-19-87(97)93-27-30-106-33-34-108-37-38-110-41-42-112-45-46-114-49-50-116-53-54-118-57-58-120-61-62-122-65-66-124-69-70-126-73-74-128-76-75-127-72-71-125-68-67-123-64-63-121-60-59-119-56-55-117-52-51-115-48-47-113-44-43-111-40-39-109-36-35-107-32-31-105-5/h6-8,11-12,17-18,21-24,77-78H,9-10,13-16,19-20,25-76H2,1-5H3,(H2-,93,97,101,102,103,104)/p+1. The van der Waals surface area contributed by atoms with Crippen LogP contribution in [-0.2, 0) is 168 Å². The van der Waals surface area contributed by atoms with Gasteiger partial charge in [0.2, 0.25) is 11.6 Å². The Balaban J connectivity index is 0.722. The molecule has 2 aromatic rings. The van der Waals surface area contributed by atoms with E-state index in [1.165, 1.54) is 12.1 Å². The van der Waals surface area contributed by atoms with Crippen molar-refractivity contribution in [2.75, 3.05) is 342 Å². The third-order valence-electron chi connectivity index (χ3n) is 20.1. The van der Waals surface area contributed by atoms with Gasteiger partial charge in [0.1, 0.15) is 6.54 Å². The highest BCUT2D eigenvalue weighted by Crippen LogP contribution is 2.49. The lowest BCUT2D eigenvalue weighted by Crippen LogP contribution is -2.31. The summed E-state index contributed by atoms with van der Waals surface area (Å²) in [6, 6.07) is 10.5. The molecule has 0 aromatic heterocycles. The van der Waals surface area contributed by atoms with E-state index in [0.29, 0.717) is 361 Å². The minimum Gasteiger partial charge on any atom is -0.382 e. The van der Waals surface area contributed by atoms with Crippen LogP contribution in [0.4, 0.5) is 11.4 Å². The minimum atomic E-state index is -4.46. The Labute approximate surface area is 789 Å². The molecule has 3 heterocycles. The summed E-state index contributed by atoms with van der Waals surface area (Å²) in [5, 5.41) is 16.1. The Morgan fingerprint density at radius 2 is 0.789 bits per heavy atom. The first kappa shape index (κ1) is 118. The number of imide groups is 1. The predicted molar refractivity (Wildman–Crippen MR) is 490 cm³/mol.